The minimum absolute atomic E-state index is 0.130. The summed E-state index contributed by atoms with van der Waals surface area (Å²) in [6.45, 7) is 2.54. The summed E-state index contributed by atoms with van der Waals surface area (Å²) < 4.78 is 0. The van der Waals surface area contributed by atoms with E-state index in [-0.39, 0.29) is 23.8 Å². The maximum absolute atomic E-state index is 12.9. The van der Waals surface area contributed by atoms with E-state index in [1.54, 1.807) is 17.2 Å². The van der Waals surface area contributed by atoms with Crippen LogP contribution in [0, 0.1) is 11.3 Å². The molecule has 2 amide bonds. The van der Waals surface area contributed by atoms with Gasteiger partial charge in [-0.05, 0) is 37.5 Å². The van der Waals surface area contributed by atoms with Gasteiger partial charge in [0.15, 0.2) is 0 Å². The van der Waals surface area contributed by atoms with Gasteiger partial charge in [0.05, 0.1) is 23.9 Å². The molecule has 0 bridgehead atoms. The summed E-state index contributed by atoms with van der Waals surface area (Å²) in [5.74, 6) is -0.564. The van der Waals surface area contributed by atoms with Crippen molar-refractivity contribution in [1.82, 2.24) is 15.2 Å². The van der Waals surface area contributed by atoms with Crippen LogP contribution in [0.15, 0.2) is 54.7 Å². The molecule has 156 valence electrons. The predicted molar refractivity (Wildman–Crippen MR) is 119 cm³/mol. The van der Waals surface area contributed by atoms with Gasteiger partial charge in [-0.15, -0.1) is 0 Å². The van der Waals surface area contributed by atoms with E-state index in [9.17, 15) is 14.9 Å². The maximum Gasteiger partial charge on any atom is 0.252 e. The summed E-state index contributed by atoms with van der Waals surface area (Å²) in [4.78, 5) is 31.3. The zero-order valence-corrected chi connectivity index (χ0v) is 17.4. The van der Waals surface area contributed by atoms with E-state index in [4.69, 9.17) is 0 Å². The Kier molecular flexibility index (Phi) is 5.68. The predicted octanol–water partition coefficient (Wildman–Crippen LogP) is 3.32. The Hall–Kier alpha value is -3.72. The van der Waals surface area contributed by atoms with Gasteiger partial charge in [-0.1, -0.05) is 48.6 Å². The average molecular weight is 412 g/mol. The monoisotopic (exact) mass is 412 g/mol. The highest BCUT2D eigenvalue weighted by molar-refractivity contribution is 6.00. The van der Waals surface area contributed by atoms with Gasteiger partial charge in [0.1, 0.15) is 6.04 Å². The summed E-state index contributed by atoms with van der Waals surface area (Å²) in [5.41, 5.74) is 2.71. The molecule has 0 saturated carbocycles. The fourth-order valence-electron chi connectivity index (χ4n) is 4.10. The van der Waals surface area contributed by atoms with E-state index >= 15 is 0 Å². The van der Waals surface area contributed by atoms with Gasteiger partial charge in [0.25, 0.3) is 5.91 Å². The van der Waals surface area contributed by atoms with Crippen LogP contribution in [-0.2, 0) is 10.2 Å². The third-order valence-electron chi connectivity index (χ3n) is 5.97. The number of benzene rings is 1. The largest absolute Gasteiger partial charge is 0.343 e. The van der Waals surface area contributed by atoms with Gasteiger partial charge in [-0.3, -0.25) is 14.6 Å². The van der Waals surface area contributed by atoms with Gasteiger partial charge < -0.3 is 10.2 Å². The number of likely N-dealkylation sites (tertiary alicyclic amines) is 1. The molecular weight excluding hydrogens is 388 g/mol. The molecule has 2 aliphatic rings. The Balaban J connectivity index is 1.53. The molecule has 1 N–H and O–H groups in total. The second-order valence-electron chi connectivity index (χ2n) is 8.03. The molecular formula is C25H24N4O2. The van der Waals surface area contributed by atoms with E-state index in [1.165, 1.54) is 0 Å². The zero-order chi connectivity index (χ0) is 21.8. The Morgan fingerprint density at radius 1 is 1.23 bits per heavy atom. The Labute approximate surface area is 181 Å². The number of carbonyl (C=O) groups is 2. The van der Waals surface area contributed by atoms with Crippen molar-refractivity contribution < 1.29 is 9.59 Å². The van der Waals surface area contributed by atoms with E-state index in [0.29, 0.717) is 24.2 Å². The molecule has 2 heterocycles. The number of aromatic nitrogens is 1. The maximum atomic E-state index is 12.9. The van der Waals surface area contributed by atoms with Crippen LogP contribution < -0.4 is 5.32 Å². The summed E-state index contributed by atoms with van der Waals surface area (Å²) in [7, 11) is 0. The van der Waals surface area contributed by atoms with Crippen LogP contribution >= 0.6 is 0 Å². The first kappa shape index (κ1) is 20.5. The molecule has 31 heavy (non-hydrogen) atoms. The Morgan fingerprint density at radius 3 is 2.77 bits per heavy atom. The van der Waals surface area contributed by atoms with Gasteiger partial charge in [-0.25, -0.2) is 0 Å². The van der Waals surface area contributed by atoms with Crippen LogP contribution in [0.4, 0.5) is 0 Å². The quantitative estimate of drug-likeness (QED) is 0.835. The third kappa shape index (κ3) is 4.13. The molecule has 0 spiro atoms. The summed E-state index contributed by atoms with van der Waals surface area (Å²) >= 11 is 0. The normalized spacial score (nSPS) is 21.8. The number of fused-ring (bicyclic) bond motifs is 1. The van der Waals surface area contributed by atoms with Gasteiger partial charge >= 0.3 is 0 Å². The van der Waals surface area contributed by atoms with Crippen LogP contribution in [-0.4, -0.2) is 40.8 Å². The lowest BCUT2D eigenvalue weighted by atomic mass is 9.82. The number of nitrogens with one attached hydrogen (secondary N) is 1. The van der Waals surface area contributed by atoms with E-state index in [1.807, 2.05) is 30.4 Å². The van der Waals surface area contributed by atoms with Crippen LogP contribution in [0.3, 0.4) is 0 Å². The van der Waals surface area contributed by atoms with E-state index in [0.717, 1.165) is 17.5 Å². The second-order valence-corrected chi connectivity index (χ2v) is 8.03. The molecule has 1 fully saturated rings. The van der Waals surface area contributed by atoms with Crippen LogP contribution in [0.2, 0.25) is 0 Å². The molecule has 0 radical (unpaired) electrons. The van der Waals surface area contributed by atoms with Gasteiger partial charge in [0, 0.05) is 23.7 Å². The highest BCUT2D eigenvalue weighted by Crippen LogP contribution is 2.32. The molecule has 2 aromatic rings. The summed E-state index contributed by atoms with van der Waals surface area (Å²) in [5, 5.41) is 11.9. The van der Waals surface area contributed by atoms with Crippen molar-refractivity contribution in [2.45, 2.75) is 31.2 Å². The number of pyridine rings is 1. The Morgan fingerprint density at radius 2 is 2.00 bits per heavy atom. The molecule has 1 aromatic heterocycles. The highest BCUT2D eigenvalue weighted by atomic mass is 16.2. The first-order chi connectivity index (χ1) is 15.0. The minimum Gasteiger partial charge on any atom is -0.343 e. The number of nitrogens with zero attached hydrogens (tertiary/aromatic N) is 3. The third-order valence-corrected chi connectivity index (χ3v) is 5.97. The van der Waals surface area contributed by atoms with Crippen molar-refractivity contribution in [2.75, 3.05) is 13.1 Å². The van der Waals surface area contributed by atoms with E-state index in [2.05, 4.69) is 47.6 Å². The van der Waals surface area contributed by atoms with Crippen molar-refractivity contribution >= 4 is 24.0 Å². The number of nitriles is 1. The van der Waals surface area contributed by atoms with Crippen molar-refractivity contribution in [2.24, 2.45) is 0 Å². The van der Waals surface area contributed by atoms with E-state index < -0.39 is 6.04 Å². The summed E-state index contributed by atoms with van der Waals surface area (Å²) in [6, 6.07) is 13.6. The number of rotatable bonds is 4. The molecule has 6 nitrogen and oxygen atoms in total. The second kappa shape index (κ2) is 8.57. The first-order valence-corrected chi connectivity index (χ1v) is 10.4. The molecule has 1 aliphatic heterocycles. The van der Waals surface area contributed by atoms with Gasteiger partial charge in [-0.2, -0.15) is 5.26 Å². The molecule has 1 saturated heterocycles. The number of allylic oxidation sites excluding steroid dienone is 2. The SMILES string of the molecule is CC1(c2ccccc2)C=Cc2nccc(C(=O)NCC(=O)N3CCC[C@H]3C#N)c2C=C1. The van der Waals surface area contributed by atoms with Crippen LogP contribution in [0.25, 0.3) is 12.2 Å². The molecule has 1 aromatic carbocycles. The molecule has 6 heteroatoms. The van der Waals surface area contributed by atoms with Crippen molar-refractivity contribution in [3.8, 4) is 6.07 Å². The lowest BCUT2D eigenvalue weighted by Gasteiger charge is -2.21. The number of amides is 2. The standard InChI is InChI=1S/C25H24N4O2/c1-25(18-6-3-2-4-7-18)12-9-20-21(11-14-27-22(20)10-13-25)24(31)28-17-23(30)29-15-5-8-19(29)16-26/h2-4,6-7,9-14,19H,5,8,15,17H2,1H3,(H,28,31)/t19-,25?/m0/s1. The molecule has 1 unspecified atom stereocenters. The van der Waals surface area contributed by atoms with Crippen molar-refractivity contribution in [3.63, 3.8) is 0 Å². The number of hydrogen-bond acceptors (Lipinski definition) is 4. The molecule has 4 rings (SSSR count). The van der Waals surface area contributed by atoms with Gasteiger partial charge in [0.2, 0.25) is 5.91 Å². The molecule has 2 atom stereocenters. The minimum atomic E-state index is -0.398. The van der Waals surface area contributed by atoms with Crippen molar-refractivity contribution in [3.05, 3.63) is 77.1 Å². The lowest BCUT2D eigenvalue weighted by molar-refractivity contribution is -0.130. The zero-order valence-electron chi connectivity index (χ0n) is 17.4. The lowest BCUT2D eigenvalue weighted by Crippen LogP contribution is -2.42. The van der Waals surface area contributed by atoms with Crippen molar-refractivity contribution in [1.29, 1.82) is 5.26 Å². The van der Waals surface area contributed by atoms with Crippen LogP contribution in [0.5, 0.6) is 0 Å². The highest BCUT2D eigenvalue weighted by Gasteiger charge is 2.29. The topological polar surface area (TPSA) is 86.1 Å². The average Bonchev–Trinajstić information content (AvgIpc) is 3.22. The Bertz CT molecular complexity index is 1100. The molecule has 1 aliphatic carbocycles. The fraction of sp³-hybridized carbons (Fsp3) is 0.280. The smallest absolute Gasteiger partial charge is 0.252 e. The summed E-state index contributed by atoms with van der Waals surface area (Å²) in [6.07, 6.45) is 11.1. The van der Waals surface area contributed by atoms with Crippen LogP contribution in [0.1, 0.15) is 46.9 Å². The number of hydrogen-bond donors (Lipinski definition) is 1. The fourth-order valence-corrected chi connectivity index (χ4v) is 4.10. The number of carbonyl (C=O) groups excluding carboxylic acids is 2. The first-order valence-electron chi connectivity index (χ1n) is 10.4.